The Morgan fingerprint density at radius 2 is 1.64 bits per heavy atom. The molecule has 0 radical (unpaired) electrons. The van der Waals surface area contributed by atoms with Gasteiger partial charge in [0.2, 0.25) is 0 Å². The standard InChI is InChI=1S/C8H7Cl5Si/c1-5-2-8(10)6(3-7(5)9)4-14(11,12)13/h2-3H,4H2,1H3. The molecule has 0 N–H and O–H groups in total. The molecule has 1 aromatic rings. The predicted octanol–water partition coefficient (Wildman–Crippen LogP) is 5.04. The smallest absolute Gasteiger partial charge is 0.126 e. The normalized spacial score (nSPS) is 11.9. The van der Waals surface area contributed by atoms with Crippen LogP contribution in [0.5, 0.6) is 0 Å². The highest BCUT2D eigenvalue weighted by Gasteiger charge is 2.26. The summed E-state index contributed by atoms with van der Waals surface area (Å²) in [7, 11) is 0. The van der Waals surface area contributed by atoms with Gasteiger partial charge >= 0.3 is 6.00 Å². The minimum atomic E-state index is -2.70. The molecule has 0 fully saturated rings. The number of rotatable bonds is 2. The van der Waals surface area contributed by atoms with Crippen LogP contribution in [0, 0.1) is 6.92 Å². The molecule has 0 aliphatic carbocycles. The predicted molar refractivity (Wildman–Crippen MR) is 68.2 cm³/mol. The summed E-state index contributed by atoms with van der Waals surface area (Å²) < 4.78 is 0. The van der Waals surface area contributed by atoms with E-state index in [-0.39, 0.29) is 0 Å². The molecular weight excluding hydrogens is 301 g/mol. The zero-order valence-corrected chi connectivity index (χ0v) is 12.0. The Kier molecular flexibility index (Phi) is 4.45. The zero-order chi connectivity index (χ0) is 10.9. The highest BCUT2D eigenvalue weighted by molar-refractivity contribution is 7.64. The van der Waals surface area contributed by atoms with E-state index >= 15 is 0 Å². The third kappa shape index (κ3) is 3.80. The SMILES string of the molecule is Cc1cc(Cl)c(C[Si](Cl)(Cl)Cl)cc1Cl. The molecule has 0 atom stereocenters. The summed E-state index contributed by atoms with van der Waals surface area (Å²) in [4.78, 5) is 0. The molecule has 1 rings (SSSR count). The maximum Gasteiger partial charge on any atom is 0.345 e. The number of benzene rings is 1. The Morgan fingerprint density at radius 1 is 1.07 bits per heavy atom. The van der Waals surface area contributed by atoms with Crippen molar-refractivity contribution in [1.82, 2.24) is 0 Å². The van der Waals surface area contributed by atoms with Crippen molar-refractivity contribution >= 4 is 62.4 Å². The average molecular weight is 308 g/mol. The molecule has 0 heterocycles. The lowest BCUT2D eigenvalue weighted by molar-refractivity contribution is 1.35. The van der Waals surface area contributed by atoms with Crippen LogP contribution >= 0.6 is 56.4 Å². The van der Waals surface area contributed by atoms with Crippen LogP contribution in [-0.4, -0.2) is 6.00 Å². The summed E-state index contributed by atoms with van der Waals surface area (Å²) in [5, 5.41) is 1.25. The van der Waals surface area contributed by atoms with Crippen molar-refractivity contribution in [2.45, 2.75) is 13.0 Å². The highest BCUT2D eigenvalue weighted by atomic mass is 35.8. The molecular formula is C8H7Cl5Si. The van der Waals surface area contributed by atoms with Crippen molar-refractivity contribution < 1.29 is 0 Å². The van der Waals surface area contributed by atoms with Gasteiger partial charge in [0.1, 0.15) is 0 Å². The van der Waals surface area contributed by atoms with Gasteiger partial charge in [-0.3, -0.25) is 0 Å². The van der Waals surface area contributed by atoms with Gasteiger partial charge in [0.25, 0.3) is 0 Å². The number of hydrogen-bond donors (Lipinski definition) is 0. The largest absolute Gasteiger partial charge is 0.345 e. The second-order valence-electron chi connectivity index (χ2n) is 2.98. The van der Waals surface area contributed by atoms with Gasteiger partial charge < -0.3 is 0 Å². The van der Waals surface area contributed by atoms with Crippen LogP contribution in [0.3, 0.4) is 0 Å². The van der Waals surface area contributed by atoms with Crippen LogP contribution in [0.1, 0.15) is 11.1 Å². The van der Waals surface area contributed by atoms with Gasteiger partial charge in [-0.25, -0.2) is 0 Å². The van der Waals surface area contributed by atoms with Crippen molar-refractivity contribution in [1.29, 1.82) is 0 Å². The maximum absolute atomic E-state index is 6.00. The topological polar surface area (TPSA) is 0 Å². The molecule has 1 aromatic carbocycles. The Morgan fingerprint density at radius 3 is 2.14 bits per heavy atom. The first-order chi connectivity index (χ1) is 6.29. The van der Waals surface area contributed by atoms with Gasteiger partial charge in [0.15, 0.2) is 0 Å². The fraction of sp³-hybridized carbons (Fsp3) is 0.250. The van der Waals surface area contributed by atoms with Crippen LogP contribution in [0.2, 0.25) is 10.0 Å². The number of hydrogen-bond acceptors (Lipinski definition) is 0. The lowest BCUT2D eigenvalue weighted by Gasteiger charge is -2.10. The van der Waals surface area contributed by atoms with E-state index in [1.807, 2.05) is 6.92 Å². The minimum absolute atomic E-state index is 0.385. The summed E-state index contributed by atoms with van der Waals surface area (Å²) in [6, 6.07) is 1.23. The summed E-state index contributed by atoms with van der Waals surface area (Å²) in [6.45, 7) is 1.88. The molecule has 78 valence electrons. The third-order valence-electron chi connectivity index (χ3n) is 1.72. The van der Waals surface area contributed by atoms with Crippen molar-refractivity contribution in [2.75, 3.05) is 0 Å². The molecule has 0 amide bonds. The van der Waals surface area contributed by atoms with Gasteiger partial charge in [0.05, 0.1) is 0 Å². The molecule has 14 heavy (non-hydrogen) atoms. The quantitative estimate of drug-likeness (QED) is 0.530. The summed E-state index contributed by atoms with van der Waals surface area (Å²) in [5.74, 6) is 0. The fourth-order valence-electron chi connectivity index (χ4n) is 1.04. The third-order valence-corrected chi connectivity index (χ3v) is 4.46. The lowest BCUT2D eigenvalue weighted by atomic mass is 10.2. The first-order valence-corrected chi connectivity index (χ1v) is 9.81. The Labute approximate surface area is 108 Å². The van der Waals surface area contributed by atoms with Crippen LogP contribution in [-0.2, 0) is 6.04 Å². The van der Waals surface area contributed by atoms with Crippen LogP contribution in [0.4, 0.5) is 0 Å². The van der Waals surface area contributed by atoms with Crippen molar-refractivity contribution in [3.05, 3.63) is 33.3 Å². The van der Waals surface area contributed by atoms with E-state index in [1.54, 1.807) is 12.1 Å². The van der Waals surface area contributed by atoms with E-state index in [4.69, 9.17) is 56.4 Å². The van der Waals surface area contributed by atoms with Gasteiger partial charge in [-0.2, -0.15) is 0 Å². The van der Waals surface area contributed by atoms with Gasteiger partial charge in [-0.15, -0.1) is 33.2 Å². The van der Waals surface area contributed by atoms with Crippen LogP contribution in [0.15, 0.2) is 12.1 Å². The molecule has 0 bridgehead atoms. The van der Waals surface area contributed by atoms with E-state index in [0.29, 0.717) is 16.1 Å². The summed E-state index contributed by atoms with van der Waals surface area (Å²) in [6.07, 6.45) is 0. The van der Waals surface area contributed by atoms with Crippen molar-refractivity contribution in [3.8, 4) is 0 Å². The Bertz CT molecular complexity index is 344. The number of aryl methyl sites for hydroxylation is 1. The van der Waals surface area contributed by atoms with Crippen molar-refractivity contribution in [2.24, 2.45) is 0 Å². The van der Waals surface area contributed by atoms with E-state index < -0.39 is 6.00 Å². The molecule has 0 saturated carbocycles. The highest BCUT2D eigenvalue weighted by Crippen LogP contribution is 2.31. The number of halogens is 5. The van der Waals surface area contributed by atoms with E-state index in [9.17, 15) is 0 Å². The Hall–Kier alpha value is 0.887. The van der Waals surface area contributed by atoms with E-state index in [2.05, 4.69) is 0 Å². The van der Waals surface area contributed by atoms with Crippen LogP contribution in [0.25, 0.3) is 0 Å². The monoisotopic (exact) mass is 306 g/mol. The van der Waals surface area contributed by atoms with E-state index in [0.717, 1.165) is 11.1 Å². The first kappa shape index (κ1) is 13.0. The minimum Gasteiger partial charge on any atom is -0.126 e. The Balaban J connectivity index is 3.04. The first-order valence-electron chi connectivity index (χ1n) is 3.81. The molecule has 0 saturated heterocycles. The molecule has 0 aliphatic rings. The summed E-state index contributed by atoms with van der Waals surface area (Å²) in [5.41, 5.74) is 1.72. The molecule has 6 heteroatoms. The van der Waals surface area contributed by atoms with Gasteiger partial charge in [-0.05, 0) is 30.2 Å². The molecule has 0 unspecified atom stereocenters. The van der Waals surface area contributed by atoms with Crippen LogP contribution < -0.4 is 0 Å². The maximum atomic E-state index is 6.00. The summed E-state index contributed by atoms with van der Waals surface area (Å²) >= 11 is 29.3. The van der Waals surface area contributed by atoms with Gasteiger partial charge in [-0.1, -0.05) is 23.2 Å². The lowest BCUT2D eigenvalue weighted by Crippen LogP contribution is -2.14. The average Bonchev–Trinajstić information content (AvgIpc) is 1.97. The second kappa shape index (κ2) is 4.81. The second-order valence-corrected chi connectivity index (χ2v) is 12.9. The molecule has 0 aromatic heterocycles. The molecule has 0 nitrogen and oxygen atoms in total. The molecule has 0 aliphatic heterocycles. The van der Waals surface area contributed by atoms with Gasteiger partial charge in [0, 0.05) is 16.1 Å². The fourth-order valence-corrected chi connectivity index (χ4v) is 3.64. The van der Waals surface area contributed by atoms with E-state index in [1.165, 1.54) is 0 Å². The molecule has 0 spiro atoms. The zero-order valence-electron chi connectivity index (χ0n) is 7.25. The van der Waals surface area contributed by atoms with Crippen molar-refractivity contribution in [3.63, 3.8) is 0 Å².